The topological polar surface area (TPSA) is 15.3 Å². The number of hydrogen-bond acceptors (Lipinski definition) is 2. The summed E-state index contributed by atoms with van der Waals surface area (Å²) in [6.45, 7) is 9.81. The highest BCUT2D eigenvalue weighted by Gasteiger charge is 2.47. The average Bonchev–Trinajstić information content (AvgIpc) is 3.30. The number of hydrogen-bond donors (Lipinski definition) is 1. The highest BCUT2D eigenvalue weighted by atomic mass is 15.3. The van der Waals surface area contributed by atoms with Crippen molar-refractivity contribution in [2.45, 2.75) is 89.8 Å². The van der Waals surface area contributed by atoms with Gasteiger partial charge in [0.25, 0.3) is 0 Å². The smallest absolute Gasteiger partial charge is 0.0309 e. The summed E-state index contributed by atoms with van der Waals surface area (Å²) in [6.07, 6.45) is 11.6. The maximum Gasteiger partial charge on any atom is 0.0309 e. The molecule has 0 aromatic carbocycles. The van der Waals surface area contributed by atoms with E-state index in [1.54, 1.807) is 0 Å². The minimum atomic E-state index is 0.397. The standard InChI is InChI=1S/C18H34N2/c1-4-17(15-8-6-5-7-9-15)20-13-18(3,16-10-11-16)19-12-14(20)2/h14-17,19H,4-13H2,1-3H3. The Morgan fingerprint density at radius 1 is 1.15 bits per heavy atom. The highest BCUT2D eigenvalue weighted by molar-refractivity contribution is 5.05. The van der Waals surface area contributed by atoms with E-state index in [1.165, 1.54) is 64.5 Å². The van der Waals surface area contributed by atoms with Crippen molar-refractivity contribution >= 4 is 0 Å². The maximum atomic E-state index is 3.88. The first-order valence-electron chi connectivity index (χ1n) is 9.15. The Hall–Kier alpha value is -0.0800. The van der Waals surface area contributed by atoms with Crippen molar-refractivity contribution in [1.82, 2.24) is 10.2 Å². The fourth-order valence-corrected chi connectivity index (χ4v) is 4.88. The monoisotopic (exact) mass is 278 g/mol. The van der Waals surface area contributed by atoms with Crippen LogP contribution in [0.2, 0.25) is 0 Å². The van der Waals surface area contributed by atoms with Crippen LogP contribution in [-0.4, -0.2) is 35.6 Å². The Balaban J connectivity index is 1.70. The van der Waals surface area contributed by atoms with Gasteiger partial charge in [-0.25, -0.2) is 0 Å². The second-order valence-electron chi connectivity index (χ2n) is 7.97. The van der Waals surface area contributed by atoms with Gasteiger partial charge in [-0.1, -0.05) is 26.2 Å². The molecule has 0 bridgehead atoms. The molecule has 0 aromatic heterocycles. The van der Waals surface area contributed by atoms with Gasteiger partial charge in [0.15, 0.2) is 0 Å². The van der Waals surface area contributed by atoms with E-state index >= 15 is 0 Å². The van der Waals surface area contributed by atoms with E-state index in [1.807, 2.05) is 0 Å². The van der Waals surface area contributed by atoms with Crippen LogP contribution in [0.15, 0.2) is 0 Å². The normalized spacial score (nSPS) is 38.9. The van der Waals surface area contributed by atoms with E-state index < -0.39 is 0 Å². The first-order chi connectivity index (χ1) is 9.64. The molecule has 0 spiro atoms. The Labute approximate surface area is 125 Å². The molecule has 0 radical (unpaired) electrons. The van der Waals surface area contributed by atoms with Crippen LogP contribution >= 0.6 is 0 Å². The third-order valence-corrected chi connectivity index (χ3v) is 6.40. The molecule has 3 rings (SSSR count). The Kier molecular flexibility index (Phi) is 4.42. The summed E-state index contributed by atoms with van der Waals surface area (Å²) in [7, 11) is 0. The molecule has 1 N–H and O–H groups in total. The average molecular weight is 278 g/mol. The van der Waals surface area contributed by atoms with Crippen molar-refractivity contribution in [2.75, 3.05) is 13.1 Å². The Morgan fingerprint density at radius 2 is 1.85 bits per heavy atom. The van der Waals surface area contributed by atoms with Crippen molar-refractivity contribution in [2.24, 2.45) is 11.8 Å². The molecule has 2 nitrogen and oxygen atoms in total. The van der Waals surface area contributed by atoms with Gasteiger partial charge < -0.3 is 5.32 Å². The van der Waals surface area contributed by atoms with Crippen LogP contribution in [0.3, 0.4) is 0 Å². The number of nitrogens with zero attached hydrogens (tertiary/aromatic N) is 1. The van der Waals surface area contributed by atoms with Gasteiger partial charge in [0, 0.05) is 30.7 Å². The van der Waals surface area contributed by atoms with Crippen LogP contribution in [0.4, 0.5) is 0 Å². The summed E-state index contributed by atoms with van der Waals surface area (Å²) >= 11 is 0. The molecule has 116 valence electrons. The van der Waals surface area contributed by atoms with E-state index in [9.17, 15) is 0 Å². The van der Waals surface area contributed by atoms with E-state index in [2.05, 4.69) is 31.0 Å². The molecule has 1 heterocycles. The third kappa shape index (κ3) is 2.92. The fourth-order valence-electron chi connectivity index (χ4n) is 4.88. The SMILES string of the molecule is CCC(C1CCCCC1)N1CC(C)(C2CC2)NCC1C. The van der Waals surface area contributed by atoms with E-state index in [4.69, 9.17) is 0 Å². The van der Waals surface area contributed by atoms with Crippen molar-refractivity contribution in [1.29, 1.82) is 0 Å². The van der Waals surface area contributed by atoms with Crippen LogP contribution in [-0.2, 0) is 0 Å². The summed E-state index contributed by atoms with van der Waals surface area (Å²) in [5.41, 5.74) is 0.397. The van der Waals surface area contributed by atoms with Crippen molar-refractivity contribution in [3.05, 3.63) is 0 Å². The van der Waals surface area contributed by atoms with Gasteiger partial charge in [-0.2, -0.15) is 0 Å². The van der Waals surface area contributed by atoms with Crippen LogP contribution < -0.4 is 5.32 Å². The molecule has 20 heavy (non-hydrogen) atoms. The molecule has 0 aromatic rings. The largest absolute Gasteiger partial charge is 0.308 e. The molecular formula is C18H34N2. The molecule has 0 amide bonds. The molecule has 2 heteroatoms. The van der Waals surface area contributed by atoms with Gasteiger partial charge in [-0.3, -0.25) is 4.90 Å². The fraction of sp³-hybridized carbons (Fsp3) is 1.00. The molecule has 3 atom stereocenters. The van der Waals surface area contributed by atoms with Crippen LogP contribution in [0.25, 0.3) is 0 Å². The predicted molar refractivity (Wildman–Crippen MR) is 86.0 cm³/mol. The van der Waals surface area contributed by atoms with E-state index in [-0.39, 0.29) is 0 Å². The molecule has 2 aliphatic carbocycles. The predicted octanol–water partition coefficient (Wildman–Crippen LogP) is 3.81. The van der Waals surface area contributed by atoms with Gasteiger partial charge in [-0.05, 0) is 57.8 Å². The summed E-state index contributed by atoms with van der Waals surface area (Å²) in [5, 5.41) is 3.88. The van der Waals surface area contributed by atoms with Crippen LogP contribution in [0.5, 0.6) is 0 Å². The van der Waals surface area contributed by atoms with Crippen molar-refractivity contribution in [3.8, 4) is 0 Å². The van der Waals surface area contributed by atoms with Crippen molar-refractivity contribution < 1.29 is 0 Å². The molecule has 2 saturated carbocycles. The lowest BCUT2D eigenvalue weighted by atomic mass is 9.80. The minimum Gasteiger partial charge on any atom is -0.308 e. The van der Waals surface area contributed by atoms with Gasteiger partial charge in [0.05, 0.1) is 0 Å². The number of nitrogens with one attached hydrogen (secondary N) is 1. The Bertz CT molecular complexity index is 319. The molecule has 3 aliphatic rings. The van der Waals surface area contributed by atoms with Gasteiger partial charge >= 0.3 is 0 Å². The van der Waals surface area contributed by atoms with E-state index in [0.717, 1.165) is 17.9 Å². The summed E-state index contributed by atoms with van der Waals surface area (Å²) in [4.78, 5) is 2.89. The second kappa shape index (κ2) is 5.96. The minimum absolute atomic E-state index is 0.397. The zero-order chi connectivity index (χ0) is 14.2. The second-order valence-corrected chi connectivity index (χ2v) is 7.97. The summed E-state index contributed by atoms with van der Waals surface area (Å²) < 4.78 is 0. The van der Waals surface area contributed by atoms with Crippen LogP contribution in [0, 0.1) is 11.8 Å². The van der Waals surface area contributed by atoms with Gasteiger partial charge in [0.1, 0.15) is 0 Å². The molecule has 3 unspecified atom stereocenters. The van der Waals surface area contributed by atoms with Crippen molar-refractivity contribution in [3.63, 3.8) is 0 Å². The van der Waals surface area contributed by atoms with E-state index in [0.29, 0.717) is 11.6 Å². The first kappa shape index (κ1) is 14.8. The Morgan fingerprint density at radius 3 is 2.45 bits per heavy atom. The third-order valence-electron chi connectivity index (χ3n) is 6.40. The summed E-state index contributed by atoms with van der Waals surface area (Å²) in [5.74, 6) is 1.92. The lowest BCUT2D eigenvalue weighted by Crippen LogP contribution is -2.66. The molecule has 1 aliphatic heterocycles. The van der Waals surface area contributed by atoms with Crippen LogP contribution in [0.1, 0.15) is 72.1 Å². The highest BCUT2D eigenvalue weighted by Crippen LogP contribution is 2.42. The molecule has 3 fully saturated rings. The lowest BCUT2D eigenvalue weighted by Gasteiger charge is -2.51. The lowest BCUT2D eigenvalue weighted by molar-refractivity contribution is 0.0130. The molecular weight excluding hydrogens is 244 g/mol. The quantitative estimate of drug-likeness (QED) is 0.841. The van der Waals surface area contributed by atoms with Gasteiger partial charge in [0.2, 0.25) is 0 Å². The first-order valence-corrected chi connectivity index (χ1v) is 9.15. The zero-order valence-corrected chi connectivity index (χ0v) is 13.8. The number of rotatable bonds is 4. The zero-order valence-electron chi connectivity index (χ0n) is 13.8. The summed E-state index contributed by atoms with van der Waals surface area (Å²) in [6, 6.07) is 1.55. The molecule has 1 saturated heterocycles. The number of piperazine rings is 1. The van der Waals surface area contributed by atoms with Gasteiger partial charge in [-0.15, -0.1) is 0 Å². The maximum absolute atomic E-state index is 3.88.